The zero-order valence-electron chi connectivity index (χ0n) is 9.17. The molecule has 2 aromatic rings. The summed E-state index contributed by atoms with van der Waals surface area (Å²) in [6, 6.07) is 7.00. The summed E-state index contributed by atoms with van der Waals surface area (Å²) in [5.41, 5.74) is 0.718. The molecule has 0 aliphatic carbocycles. The van der Waals surface area contributed by atoms with Crippen LogP contribution in [0.4, 0.5) is 0 Å². The van der Waals surface area contributed by atoms with Crippen LogP contribution >= 0.6 is 11.6 Å². The standard InChI is InChI=1S/C11H9ClN2O4/c12-8-3-1-2-7(4-8)11-13-9(18-14-11)5-17-6-10(15)16/h1-4H,5-6H2,(H,15,16). The van der Waals surface area contributed by atoms with E-state index < -0.39 is 12.6 Å². The quantitative estimate of drug-likeness (QED) is 0.892. The molecule has 7 heteroatoms. The molecule has 0 aliphatic rings. The molecular formula is C11H9ClN2O4. The normalized spacial score (nSPS) is 10.5. The number of hydrogen-bond donors (Lipinski definition) is 1. The third-order valence-corrected chi connectivity index (χ3v) is 2.24. The molecule has 94 valence electrons. The van der Waals surface area contributed by atoms with Gasteiger partial charge in [-0.15, -0.1) is 0 Å². The van der Waals surface area contributed by atoms with Crippen LogP contribution in [-0.4, -0.2) is 27.8 Å². The zero-order valence-corrected chi connectivity index (χ0v) is 9.92. The van der Waals surface area contributed by atoms with Gasteiger partial charge >= 0.3 is 5.97 Å². The monoisotopic (exact) mass is 268 g/mol. The molecule has 0 saturated carbocycles. The number of carboxylic acids is 1. The average molecular weight is 269 g/mol. The van der Waals surface area contributed by atoms with Crippen LogP contribution in [-0.2, 0) is 16.1 Å². The largest absolute Gasteiger partial charge is 0.480 e. The summed E-state index contributed by atoms with van der Waals surface area (Å²) >= 11 is 5.84. The number of aliphatic carboxylic acids is 1. The first kappa shape index (κ1) is 12.5. The lowest BCUT2D eigenvalue weighted by atomic mass is 10.2. The van der Waals surface area contributed by atoms with Crippen molar-refractivity contribution < 1.29 is 19.2 Å². The molecule has 1 N–H and O–H groups in total. The van der Waals surface area contributed by atoms with Crippen molar-refractivity contribution in [3.05, 3.63) is 35.2 Å². The minimum Gasteiger partial charge on any atom is -0.480 e. The Morgan fingerprint density at radius 1 is 1.50 bits per heavy atom. The van der Waals surface area contributed by atoms with E-state index in [1.165, 1.54) is 0 Å². The number of halogens is 1. The van der Waals surface area contributed by atoms with Crippen LogP contribution in [0, 0.1) is 0 Å². The topological polar surface area (TPSA) is 85.5 Å². The van der Waals surface area contributed by atoms with Crippen molar-refractivity contribution in [2.24, 2.45) is 0 Å². The van der Waals surface area contributed by atoms with E-state index in [2.05, 4.69) is 10.1 Å². The highest BCUT2D eigenvalue weighted by atomic mass is 35.5. The van der Waals surface area contributed by atoms with Gasteiger partial charge in [-0.1, -0.05) is 28.9 Å². The van der Waals surface area contributed by atoms with Gasteiger partial charge in [-0.05, 0) is 12.1 Å². The van der Waals surface area contributed by atoms with E-state index in [-0.39, 0.29) is 12.5 Å². The fraction of sp³-hybridized carbons (Fsp3) is 0.182. The van der Waals surface area contributed by atoms with Crippen molar-refractivity contribution in [2.45, 2.75) is 6.61 Å². The minimum absolute atomic E-state index is 0.0418. The number of carboxylic acid groups (broad SMARTS) is 1. The summed E-state index contributed by atoms with van der Waals surface area (Å²) in [5.74, 6) is -0.456. The molecule has 0 saturated heterocycles. The molecule has 0 unspecified atom stereocenters. The first-order valence-electron chi connectivity index (χ1n) is 5.03. The van der Waals surface area contributed by atoms with E-state index in [1.807, 2.05) is 0 Å². The highest BCUT2D eigenvalue weighted by Crippen LogP contribution is 2.19. The number of carbonyl (C=O) groups is 1. The van der Waals surface area contributed by atoms with Gasteiger partial charge in [0, 0.05) is 10.6 Å². The SMILES string of the molecule is O=C(O)COCc1nc(-c2cccc(Cl)c2)no1. The molecule has 1 aromatic heterocycles. The Morgan fingerprint density at radius 2 is 2.33 bits per heavy atom. The van der Waals surface area contributed by atoms with Crippen molar-refractivity contribution in [3.63, 3.8) is 0 Å². The van der Waals surface area contributed by atoms with E-state index in [4.69, 9.17) is 26.0 Å². The lowest BCUT2D eigenvalue weighted by Gasteiger charge is -1.95. The number of benzene rings is 1. The lowest BCUT2D eigenvalue weighted by Crippen LogP contribution is -2.06. The maximum Gasteiger partial charge on any atom is 0.329 e. The van der Waals surface area contributed by atoms with E-state index in [9.17, 15) is 4.79 Å². The van der Waals surface area contributed by atoms with Gasteiger partial charge in [0.15, 0.2) is 0 Å². The Morgan fingerprint density at radius 3 is 3.06 bits per heavy atom. The molecular weight excluding hydrogens is 260 g/mol. The fourth-order valence-corrected chi connectivity index (χ4v) is 1.47. The van der Waals surface area contributed by atoms with Crippen LogP contribution < -0.4 is 0 Å². The summed E-state index contributed by atoms with van der Waals surface area (Å²) in [4.78, 5) is 14.3. The molecule has 1 heterocycles. The van der Waals surface area contributed by atoms with Crippen LogP contribution in [0.15, 0.2) is 28.8 Å². The van der Waals surface area contributed by atoms with E-state index in [0.717, 1.165) is 5.56 Å². The second kappa shape index (κ2) is 5.61. The minimum atomic E-state index is -1.05. The fourth-order valence-electron chi connectivity index (χ4n) is 1.28. The summed E-state index contributed by atoms with van der Waals surface area (Å²) in [6.07, 6.45) is 0. The maximum atomic E-state index is 10.2. The second-order valence-corrected chi connectivity index (χ2v) is 3.85. The van der Waals surface area contributed by atoms with Crippen LogP contribution in [0.2, 0.25) is 5.02 Å². The number of nitrogens with zero attached hydrogens (tertiary/aromatic N) is 2. The highest BCUT2D eigenvalue weighted by Gasteiger charge is 2.09. The highest BCUT2D eigenvalue weighted by molar-refractivity contribution is 6.30. The average Bonchev–Trinajstić information content (AvgIpc) is 2.77. The molecule has 0 amide bonds. The summed E-state index contributed by atoms with van der Waals surface area (Å²) in [6.45, 7) is -0.450. The number of aromatic nitrogens is 2. The van der Waals surface area contributed by atoms with Gasteiger partial charge in [0.05, 0.1) is 0 Å². The van der Waals surface area contributed by atoms with Crippen LogP contribution in [0.25, 0.3) is 11.4 Å². The smallest absolute Gasteiger partial charge is 0.329 e. The predicted octanol–water partition coefficient (Wildman–Crippen LogP) is 1.99. The Balaban J connectivity index is 2.04. The number of rotatable bonds is 5. The van der Waals surface area contributed by atoms with Crippen LogP contribution in [0.5, 0.6) is 0 Å². The second-order valence-electron chi connectivity index (χ2n) is 3.41. The van der Waals surface area contributed by atoms with Crippen LogP contribution in [0.3, 0.4) is 0 Å². The first-order valence-corrected chi connectivity index (χ1v) is 5.41. The van der Waals surface area contributed by atoms with E-state index in [0.29, 0.717) is 10.8 Å². The summed E-state index contributed by atoms with van der Waals surface area (Å²) in [5, 5.41) is 12.7. The number of hydrogen-bond acceptors (Lipinski definition) is 5. The Kier molecular flexibility index (Phi) is 3.91. The van der Waals surface area contributed by atoms with Crippen LogP contribution in [0.1, 0.15) is 5.89 Å². The Hall–Kier alpha value is -1.92. The van der Waals surface area contributed by atoms with Gasteiger partial charge in [-0.2, -0.15) is 4.98 Å². The summed E-state index contributed by atoms with van der Waals surface area (Å²) < 4.78 is 9.75. The van der Waals surface area contributed by atoms with Crippen molar-refractivity contribution in [3.8, 4) is 11.4 Å². The molecule has 1 aromatic carbocycles. The van der Waals surface area contributed by atoms with Crippen molar-refractivity contribution in [1.29, 1.82) is 0 Å². The van der Waals surface area contributed by atoms with Crippen molar-refractivity contribution in [1.82, 2.24) is 10.1 Å². The molecule has 2 rings (SSSR count). The molecule has 0 atom stereocenters. The third-order valence-electron chi connectivity index (χ3n) is 2.00. The number of ether oxygens (including phenoxy) is 1. The predicted molar refractivity (Wildman–Crippen MR) is 62.0 cm³/mol. The van der Waals surface area contributed by atoms with Crippen molar-refractivity contribution in [2.75, 3.05) is 6.61 Å². The van der Waals surface area contributed by atoms with Crippen molar-refractivity contribution >= 4 is 17.6 Å². The van der Waals surface area contributed by atoms with Gasteiger partial charge in [-0.3, -0.25) is 0 Å². The molecule has 0 bridgehead atoms. The van der Waals surface area contributed by atoms with Gasteiger partial charge in [0.2, 0.25) is 5.82 Å². The van der Waals surface area contributed by atoms with E-state index in [1.54, 1.807) is 24.3 Å². The van der Waals surface area contributed by atoms with E-state index >= 15 is 0 Å². The summed E-state index contributed by atoms with van der Waals surface area (Å²) in [7, 11) is 0. The molecule has 0 fully saturated rings. The first-order chi connectivity index (χ1) is 8.65. The lowest BCUT2D eigenvalue weighted by molar-refractivity contribution is -0.142. The third kappa shape index (κ3) is 3.28. The molecule has 0 spiro atoms. The van der Waals surface area contributed by atoms with Gasteiger partial charge in [0.1, 0.15) is 13.2 Å². The Labute approximate surface area is 107 Å². The molecule has 6 nitrogen and oxygen atoms in total. The zero-order chi connectivity index (χ0) is 13.0. The van der Waals surface area contributed by atoms with Gasteiger partial charge < -0.3 is 14.4 Å². The molecule has 18 heavy (non-hydrogen) atoms. The Bertz CT molecular complexity index is 555. The van der Waals surface area contributed by atoms with Gasteiger partial charge in [-0.25, -0.2) is 4.79 Å². The maximum absolute atomic E-state index is 10.2. The molecule has 0 aliphatic heterocycles. The molecule has 0 radical (unpaired) electrons. The van der Waals surface area contributed by atoms with Gasteiger partial charge in [0.25, 0.3) is 5.89 Å².